The zero-order chi connectivity index (χ0) is 27.6. The van der Waals surface area contributed by atoms with E-state index < -0.39 is 28.5 Å². The molecule has 0 bridgehead atoms. The maximum atomic E-state index is 13.8. The van der Waals surface area contributed by atoms with Crippen molar-refractivity contribution in [2.75, 3.05) is 37.9 Å². The molecule has 2 rings (SSSR count). The number of sulfonamides is 1. The van der Waals surface area contributed by atoms with Crippen LogP contribution in [-0.4, -0.2) is 64.7 Å². The molecule has 37 heavy (non-hydrogen) atoms. The molecule has 11 heteroatoms. The quantitative estimate of drug-likeness (QED) is 0.356. The first-order valence-corrected chi connectivity index (χ1v) is 14.3. The van der Waals surface area contributed by atoms with Gasteiger partial charge >= 0.3 is 0 Å². The van der Waals surface area contributed by atoms with Gasteiger partial charge in [-0.15, -0.1) is 0 Å². The van der Waals surface area contributed by atoms with E-state index in [1.54, 1.807) is 36.4 Å². The summed E-state index contributed by atoms with van der Waals surface area (Å²) in [5, 5.41) is 3.43. The van der Waals surface area contributed by atoms with Crippen LogP contribution in [0.25, 0.3) is 0 Å². The van der Waals surface area contributed by atoms with Crippen LogP contribution in [0.15, 0.2) is 42.5 Å². The Morgan fingerprint density at radius 1 is 1.05 bits per heavy atom. The van der Waals surface area contributed by atoms with Crippen LogP contribution in [0, 0.1) is 0 Å². The molecular weight excluding hydrogens is 518 g/mol. The second kappa shape index (κ2) is 14.1. The van der Waals surface area contributed by atoms with Crippen LogP contribution in [-0.2, 0) is 26.2 Å². The lowest BCUT2D eigenvalue weighted by Gasteiger charge is -2.33. The van der Waals surface area contributed by atoms with Gasteiger partial charge in [-0.1, -0.05) is 44.0 Å². The van der Waals surface area contributed by atoms with E-state index in [9.17, 15) is 18.0 Å². The number of rotatable bonds is 14. The monoisotopic (exact) mass is 553 g/mol. The molecule has 204 valence electrons. The van der Waals surface area contributed by atoms with Crippen molar-refractivity contribution in [1.29, 1.82) is 0 Å². The molecule has 0 fully saturated rings. The highest BCUT2D eigenvalue weighted by atomic mass is 35.5. The standard InChI is InChI=1S/C26H36ClN3O6S/c1-6-8-15-28-26(32)22(7-2)29(17-19-9-11-20(27)12-10-19)25(31)18-30(37(5,33)34)23-14-13-21(35-3)16-24(23)36-4/h9-14,16,22H,6-8,15,17-18H2,1-5H3,(H,28,32)/t22-/m1/s1. The fraction of sp³-hybridized carbons (Fsp3) is 0.462. The summed E-state index contributed by atoms with van der Waals surface area (Å²) in [6.07, 6.45) is 3.09. The lowest BCUT2D eigenvalue weighted by molar-refractivity contribution is -0.140. The largest absolute Gasteiger partial charge is 0.497 e. The van der Waals surface area contributed by atoms with Gasteiger partial charge < -0.3 is 19.7 Å². The SMILES string of the molecule is CCCCNC(=O)[C@@H](CC)N(Cc1ccc(Cl)cc1)C(=O)CN(c1ccc(OC)cc1OC)S(C)(=O)=O. The number of nitrogens with one attached hydrogen (secondary N) is 1. The molecule has 0 aliphatic heterocycles. The molecule has 0 unspecified atom stereocenters. The first-order valence-electron chi connectivity index (χ1n) is 12.1. The van der Waals surface area contributed by atoms with Crippen molar-refractivity contribution in [3.8, 4) is 11.5 Å². The average molecular weight is 554 g/mol. The van der Waals surface area contributed by atoms with Crippen molar-refractivity contribution in [1.82, 2.24) is 10.2 Å². The summed E-state index contributed by atoms with van der Waals surface area (Å²) in [5.41, 5.74) is 0.941. The predicted octanol–water partition coefficient (Wildman–Crippen LogP) is 3.85. The van der Waals surface area contributed by atoms with Crippen LogP contribution in [0.3, 0.4) is 0 Å². The average Bonchev–Trinajstić information content (AvgIpc) is 2.87. The Bertz CT molecular complexity index is 1160. The molecule has 1 atom stereocenters. The van der Waals surface area contributed by atoms with E-state index in [0.29, 0.717) is 23.7 Å². The number of carbonyl (C=O) groups excluding carboxylic acids is 2. The summed E-state index contributed by atoms with van der Waals surface area (Å²) in [6.45, 7) is 3.91. The lowest BCUT2D eigenvalue weighted by Crippen LogP contribution is -2.52. The summed E-state index contributed by atoms with van der Waals surface area (Å²) >= 11 is 6.02. The van der Waals surface area contributed by atoms with E-state index in [1.807, 2.05) is 13.8 Å². The first kappa shape index (κ1) is 30.2. The Labute approximate surface area is 224 Å². The molecule has 0 aliphatic carbocycles. The third kappa shape index (κ3) is 8.53. The van der Waals surface area contributed by atoms with Crippen molar-refractivity contribution in [3.63, 3.8) is 0 Å². The summed E-state index contributed by atoms with van der Waals surface area (Å²) in [5.74, 6) is -0.118. The van der Waals surface area contributed by atoms with Gasteiger partial charge in [0.25, 0.3) is 0 Å². The number of nitrogens with zero attached hydrogens (tertiary/aromatic N) is 2. The van der Waals surface area contributed by atoms with Crippen LogP contribution in [0.5, 0.6) is 11.5 Å². The Morgan fingerprint density at radius 2 is 1.73 bits per heavy atom. The van der Waals surface area contributed by atoms with Crippen molar-refractivity contribution in [3.05, 3.63) is 53.1 Å². The van der Waals surface area contributed by atoms with Crippen molar-refractivity contribution in [2.24, 2.45) is 0 Å². The Balaban J connectivity index is 2.46. The van der Waals surface area contributed by atoms with Gasteiger partial charge in [-0.3, -0.25) is 13.9 Å². The minimum absolute atomic E-state index is 0.104. The molecular formula is C26H36ClN3O6S. The van der Waals surface area contributed by atoms with Crippen LogP contribution < -0.4 is 19.1 Å². The lowest BCUT2D eigenvalue weighted by atomic mass is 10.1. The van der Waals surface area contributed by atoms with Gasteiger partial charge in [-0.25, -0.2) is 8.42 Å². The van der Waals surface area contributed by atoms with Crippen LogP contribution in [0.4, 0.5) is 5.69 Å². The second-order valence-electron chi connectivity index (χ2n) is 8.52. The molecule has 9 nitrogen and oxygen atoms in total. The summed E-state index contributed by atoms with van der Waals surface area (Å²) in [6, 6.07) is 10.8. The molecule has 2 amide bonds. The van der Waals surface area contributed by atoms with Gasteiger partial charge in [0.2, 0.25) is 21.8 Å². The van der Waals surface area contributed by atoms with Gasteiger partial charge in [-0.05, 0) is 42.7 Å². The number of methoxy groups -OCH3 is 2. The predicted molar refractivity (Wildman–Crippen MR) is 146 cm³/mol. The zero-order valence-corrected chi connectivity index (χ0v) is 23.6. The van der Waals surface area contributed by atoms with E-state index in [1.165, 1.54) is 25.2 Å². The summed E-state index contributed by atoms with van der Waals surface area (Å²) in [4.78, 5) is 28.2. The molecule has 0 aromatic heterocycles. The van der Waals surface area contributed by atoms with Crippen LogP contribution >= 0.6 is 11.6 Å². The van der Waals surface area contributed by atoms with E-state index in [2.05, 4.69) is 5.32 Å². The fourth-order valence-electron chi connectivity index (χ4n) is 3.80. The number of anilines is 1. The highest BCUT2D eigenvalue weighted by Crippen LogP contribution is 2.33. The number of amides is 2. The summed E-state index contributed by atoms with van der Waals surface area (Å²) < 4.78 is 37.2. The Kier molecular flexibility index (Phi) is 11.5. The Hall–Kier alpha value is -2.98. The molecule has 0 radical (unpaired) electrons. The number of hydrogen-bond donors (Lipinski definition) is 1. The highest BCUT2D eigenvalue weighted by Gasteiger charge is 2.32. The number of carbonyl (C=O) groups is 2. The minimum atomic E-state index is -3.90. The smallest absolute Gasteiger partial charge is 0.244 e. The molecule has 1 N–H and O–H groups in total. The topological polar surface area (TPSA) is 105 Å². The van der Waals surface area contributed by atoms with Gasteiger partial charge in [-0.2, -0.15) is 0 Å². The number of unbranched alkanes of at least 4 members (excludes halogenated alkanes) is 1. The zero-order valence-electron chi connectivity index (χ0n) is 22.0. The van der Waals surface area contributed by atoms with Gasteiger partial charge in [0, 0.05) is 24.2 Å². The molecule has 0 saturated carbocycles. The van der Waals surface area contributed by atoms with E-state index in [-0.39, 0.29) is 23.9 Å². The molecule has 0 saturated heterocycles. The van der Waals surface area contributed by atoms with Gasteiger partial charge in [0.15, 0.2) is 0 Å². The molecule has 0 spiro atoms. The number of ether oxygens (including phenoxy) is 2. The normalized spacial score (nSPS) is 11.9. The first-order chi connectivity index (χ1) is 17.5. The van der Waals surface area contributed by atoms with Gasteiger partial charge in [0.05, 0.1) is 26.2 Å². The van der Waals surface area contributed by atoms with Crippen molar-refractivity contribution >= 4 is 39.1 Å². The van der Waals surface area contributed by atoms with Gasteiger partial charge in [0.1, 0.15) is 24.1 Å². The second-order valence-corrected chi connectivity index (χ2v) is 10.9. The molecule has 2 aromatic carbocycles. The number of benzene rings is 2. The van der Waals surface area contributed by atoms with Crippen molar-refractivity contribution < 1.29 is 27.5 Å². The number of halogens is 1. The van der Waals surface area contributed by atoms with Crippen LogP contribution in [0.2, 0.25) is 5.02 Å². The third-order valence-electron chi connectivity index (χ3n) is 5.82. The Morgan fingerprint density at radius 3 is 2.27 bits per heavy atom. The molecule has 0 aliphatic rings. The summed E-state index contributed by atoms with van der Waals surface area (Å²) in [7, 11) is -1.01. The van der Waals surface area contributed by atoms with Crippen LogP contribution in [0.1, 0.15) is 38.7 Å². The van der Waals surface area contributed by atoms with E-state index in [4.69, 9.17) is 21.1 Å². The van der Waals surface area contributed by atoms with Crippen molar-refractivity contribution in [2.45, 2.75) is 45.7 Å². The maximum absolute atomic E-state index is 13.8. The van der Waals surface area contributed by atoms with E-state index >= 15 is 0 Å². The maximum Gasteiger partial charge on any atom is 0.244 e. The number of hydrogen-bond acceptors (Lipinski definition) is 6. The molecule has 2 aromatic rings. The minimum Gasteiger partial charge on any atom is -0.497 e. The highest BCUT2D eigenvalue weighted by molar-refractivity contribution is 7.92. The molecule has 0 heterocycles. The fourth-order valence-corrected chi connectivity index (χ4v) is 4.78. The van der Waals surface area contributed by atoms with E-state index in [0.717, 1.165) is 29.0 Å². The third-order valence-corrected chi connectivity index (χ3v) is 7.19.